The van der Waals surface area contributed by atoms with Crippen LogP contribution in [0.25, 0.3) is 0 Å². The summed E-state index contributed by atoms with van der Waals surface area (Å²) in [6.45, 7) is 0. The lowest BCUT2D eigenvalue weighted by Crippen LogP contribution is -2.39. The second-order valence-corrected chi connectivity index (χ2v) is 2.12. The van der Waals surface area contributed by atoms with E-state index >= 15 is 0 Å². The normalized spacial score (nSPS) is 26.5. The van der Waals surface area contributed by atoms with Gasteiger partial charge in [-0.25, -0.2) is 4.79 Å². The topological polar surface area (TPSA) is 90.7 Å². The Morgan fingerprint density at radius 2 is 2.18 bits per heavy atom. The minimum atomic E-state index is -0.754. The predicted octanol–water partition coefficient (Wildman–Crippen LogP) is -1.39. The van der Waals surface area contributed by atoms with Crippen molar-refractivity contribution in [1.82, 2.24) is 5.64 Å². The summed E-state index contributed by atoms with van der Waals surface area (Å²) in [6.07, 6.45) is 0.364. The van der Waals surface area contributed by atoms with Gasteiger partial charge in [0.05, 0.1) is 0 Å². The Morgan fingerprint density at radius 1 is 1.45 bits per heavy atom. The summed E-state index contributed by atoms with van der Waals surface area (Å²) in [7, 11) is 0. The lowest BCUT2D eigenvalue weighted by molar-refractivity contribution is -0.203. The molecular weight excluding hydrogens is 152 g/mol. The Kier molecular flexibility index (Phi) is 2.40. The van der Waals surface area contributed by atoms with Gasteiger partial charge in [0.15, 0.2) is 0 Å². The van der Waals surface area contributed by atoms with E-state index in [0.717, 1.165) is 0 Å². The van der Waals surface area contributed by atoms with E-state index in [4.69, 9.17) is 5.73 Å². The highest BCUT2D eigenvalue weighted by molar-refractivity contribution is 5.77. The molecule has 0 aromatic rings. The predicted molar refractivity (Wildman–Crippen MR) is 32.5 cm³/mol. The van der Waals surface area contributed by atoms with Gasteiger partial charge in [-0.05, 0) is 6.42 Å². The third-order valence-corrected chi connectivity index (χ3v) is 1.26. The van der Waals surface area contributed by atoms with E-state index in [1.165, 1.54) is 0 Å². The molecule has 1 saturated heterocycles. The van der Waals surface area contributed by atoms with Crippen molar-refractivity contribution in [2.75, 3.05) is 0 Å². The lowest BCUT2D eigenvalue weighted by Gasteiger charge is -2.13. The molecule has 1 aliphatic rings. The van der Waals surface area contributed by atoms with Crippen LogP contribution in [-0.2, 0) is 19.3 Å². The lowest BCUT2D eigenvalue weighted by atomic mass is 10.2. The zero-order chi connectivity index (χ0) is 8.27. The van der Waals surface area contributed by atoms with Crippen molar-refractivity contribution < 1.29 is 19.3 Å². The van der Waals surface area contributed by atoms with Gasteiger partial charge < -0.3 is 15.4 Å². The SMILES string of the molecule is NC1CCC(=O)ONOC1=O. The van der Waals surface area contributed by atoms with Crippen molar-refractivity contribution in [1.29, 1.82) is 0 Å². The molecule has 0 aliphatic carbocycles. The molecular formula is C5H8N2O4. The molecule has 0 amide bonds. The zero-order valence-electron chi connectivity index (χ0n) is 5.70. The summed E-state index contributed by atoms with van der Waals surface area (Å²) >= 11 is 0. The first-order chi connectivity index (χ1) is 5.20. The van der Waals surface area contributed by atoms with Crippen LogP contribution in [0, 0.1) is 0 Å². The zero-order valence-corrected chi connectivity index (χ0v) is 5.70. The van der Waals surface area contributed by atoms with Crippen LogP contribution >= 0.6 is 0 Å². The quantitative estimate of drug-likeness (QED) is 0.453. The smallest absolute Gasteiger partial charge is 0.336 e. The Balaban J connectivity index is 2.47. The minimum Gasteiger partial charge on any atom is -0.336 e. The van der Waals surface area contributed by atoms with E-state index in [1.54, 1.807) is 5.64 Å². The molecule has 0 aromatic carbocycles. The van der Waals surface area contributed by atoms with Gasteiger partial charge in [-0.2, -0.15) is 0 Å². The highest BCUT2D eigenvalue weighted by Crippen LogP contribution is 2.00. The first-order valence-electron chi connectivity index (χ1n) is 3.11. The Labute approximate surface area is 62.5 Å². The van der Waals surface area contributed by atoms with E-state index in [9.17, 15) is 9.59 Å². The Bertz CT molecular complexity index is 181. The molecule has 1 atom stereocenters. The largest absolute Gasteiger partial charge is 0.345 e. The third kappa shape index (κ3) is 2.17. The van der Waals surface area contributed by atoms with Crippen molar-refractivity contribution >= 4 is 11.9 Å². The Morgan fingerprint density at radius 3 is 2.91 bits per heavy atom. The molecule has 6 nitrogen and oxygen atoms in total. The second kappa shape index (κ2) is 3.31. The number of carbonyl (C=O) groups excluding carboxylic acids is 2. The molecule has 1 heterocycles. The van der Waals surface area contributed by atoms with Crippen LogP contribution in [0.5, 0.6) is 0 Å². The van der Waals surface area contributed by atoms with Crippen LogP contribution in [0.15, 0.2) is 0 Å². The van der Waals surface area contributed by atoms with Crippen molar-refractivity contribution in [2.24, 2.45) is 5.73 Å². The molecule has 1 rings (SSSR count). The molecule has 0 radical (unpaired) electrons. The molecule has 0 bridgehead atoms. The van der Waals surface area contributed by atoms with Gasteiger partial charge in [0.2, 0.25) is 0 Å². The summed E-state index contributed by atoms with van der Waals surface area (Å²) in [5.74, 6) is -1.12. The molecule has 1 unspecified atom stereocenters. The van der Waals surface area contributed by atoms with Gasteiger partial charge in [-0.15, -0.1) is 0 Å². The van der Waals surface area contributed by atoms with Crippen molar-refractivity contribution in [3.63, 3.8) is 0 Å². The van der Waals surface area contributed by atoms with E-state index < -0.39 is 18.0 Å². The van der Waals surface area contributed by atoms with Gasteiger partial charge in [-0.1, -0.05) is 0 Å². The molecule has 0 spiro atoms. The second-order valence-electron chi connectivity index (χ2n) is 2.12. The average molecular weight is 160 g/mol. The number of nitrogens with one attached hydrogen (secondary N) is 1. The molecule has 6 heteroatoms. The fourth-order valence-electron chi connectivity index (χ4n) is 0.626. The van der Waals surface area contributed by atoms with E-state index in [2.05, 4.69) is 9.68 Å². The molecule has 0 aromatic heterocycles. The molecule has 3 N–H and O–H groups in total. The molecule has 11 heavy (non-hydrogen) atoms. The van der Waals surface area contributed by atoms with Crippen molar-refractivity contribution in [3.8, 4) is 0 Å². The fraction of sp³-hybridized carbons (Fsp3) is 0.600. The standard InChI is InChI=1S/C5H8N2O4/c6-3-1-2-4(8)10-7-11-5(3)9/h3,7H,1-2,6H2. The van der Waals surface area contributed by atoms with Crippen molar-refractivity contribution in [2.45, 2.75) is 18.9 Å². The highest BCUT2D eigenvalue weighted by atomic mass is 16.9. The van der Waals surface area contributed by atoms with Crippen LogP contribution in [0.3, 0.4) is 0 Å². The Hall–Kier alpha value is -1.14. The first kappa shape index (κ1) is 7.96. The third-order valence-electron chi connectivity index (χ3n) is 1.26. The van der Waals surface area contributed by atoms with Gasteiger partial charge in [0.1, 0.15) is 6.04 Å². The van der Waals surface area contributed by atoms with E-state index in [1.807, 2.05) is 0 Å². The maximum absolute atomic E-state index is 10.7. The van der Waals surface area contributed by atoms with E-state index in [0.29, 0.717) is 0 Å². The van der Waals surface area contributed by atoms with Gasteiger partial charge in [-0.3, -0.25) is 4.79 Å². The van der Waals surface area contributed by atoms with Crippen LogP contribution in [0.1, 0.15) is 12.8 Å². The fourth-order valence-corrected chi connectivity index (χ4v) is 0.626. The van der Waals surface area contributed by atoms with Crippen LogP contribution < -0.4 is 11.4 Å². The summed E-state index contributed by atoms with van der Waals surface area (Å²) in [4.78, 5) is 29.7. The summed E-state index contributed by atoms with van der Waals surface area (Å²) in [5.41, 5.74) is 7.03. The number of carbonyl (C=O) groups is 2. The number of nitrogens with two attached hydrogens (primary N) is 1. The van der Waals surface area contributed by atoms with E-state index in [-0.39, 0.29) is 12.8 Å². The first-order valence-corrected chi connectivity index (χ1v) is 3.11. The molecule has 0 saturated carbocycles. The molecule has 1 aliphatic heterocycles. The molecule has 62 valence electrons. The van der Waals surface area contributed by atoms with Gasteiger partial charge in [0.25, 0.3) is 0 Å². The average Bonchev–Trinajstić information content (AvgIpc) is 1.98. The molecule has 1 fully saturated rings. The minimum absolute atomic E-state index is 0.114. The van der Waals surface area contributed by atoms with Crippen molar-refractivity contribution in [3.05, 3.63) is 0 Å². The highest BCUT2D eigenvalue weighted by Gasteiger charge is 2.20. The van der Waals surface area contributed by atoms with Crippen LogP contribution in [-0.4, -0.2) is 18.0 Å². The number of hydrogen-bond donors (Lipinski definition) is 2. The monoisotopic (exact) mass is 160 g/mol. The van der Waals surface area contributed by atoms with Crippen LogP contribution in [0.4, 0.5) is 0 Å². The number of hydrogen-bond acceptors (Lipinski definition) is 6. The van der Waals surface area contributed by atoms with Gasteiger partial charge >= 0.3 is 11.9 Å². The summed E-state index contributed by atoms with van der Waals surface area (Å²) in [6, 6.07) is -0.754. The maximum atomic E-state index is 10.7. The summed E-state index contributed by atoms with van der Waals surface area (Å²) in [5, 5.41) is 0. The number of rotatable bonds is 0. The van der Waals surface area contributed by atoms with Crippen LogP contribution in [0.2, 0.25) is 0 Å². The summed E-state index contributed by atoms with van der Waals surface area (Å²) < 4.78 is 0. The maximum Gasteiger partial charge on any atom is 0.345 e. The van der Waals surface area contributed by atoms with Gasteiger partial charge in [0, 0.05) is 12.1 Å².